The molecular formula is C18H15BrN4O2. The summed E-state index contributed by atoms with van der Waals surface area (Å²) in [5, 5.41) is 3.95. The zero-order chi connectivity index (χ0) is 17.6. The lowest BCUT2D eigenvalue weighted by Gasteiger charge is -2.22. The smallest absolute Gasteiger partial charge is 0.249 e. The molecule has 3 aromatic rings. The van der Waals surface area contributed by atoms with E-state index in [1.807, 2.05) is 18.2 Å². The maximum absolute atomic E-state index is 12.7. The van der Waals surface area contributed by atoms with Gasteiger partial charge in [-0.15, -0.1) is 0 Å². The summed E-state index contributed by atoms with van der Waals surface area (Å²) in [6.45, 7) is -0.0304. The molecule has 2 aromatic carbocycles. The number of carbonyl (C=O) groups is 2. The van der Waals surface area contributed by atoms with Crippen LogP contribution in [0.2, 0.25) is 0 Å². The van der Waals surface area contributed by atoms with E-state index < -0.39 is 0 Å². The minimum atomic E-state index is -0.239. The summed E-state index contributed by atoms with van der Waals surface area (Å²) in [6.07, 6.45) is 2.84. The number of rotatable bonds is 6. The van der Waals surface area contributed by atoms with E-state index in [0.717, 1.165) is 4.47 Å². The van der Waals surface area contributed by atoms with Gasteiger partial charge in [0, 0.05) is 15.7 Å². The Labute approximate surface area is 153 Å². The summed E-state index contributed by atoms with van der Waals surface area (Å²) < 4.78 is 2.33. The lowest BCUT2D eigenvalue weighted by Crippen LogP contribution is -2.38. The van der Waals surface area contributed by atoms with Crippen molar-refractivity contribution < 1.29 is 9.59 Å². The van der Waals surface area contributed by atoms with Crippen molar-refractivity contribution in [2.45, 2.75) is 6.54 Å². The number of Topliss-reactive ketones (excluding diaryl/α,β-unsaturated/α-hetero) is 1. The summed E-state index contributed by atoms with van der Waals surface area (Å²) in [6, 6.07) is 16.2. The topological polar surface area (TPSA) is 68.1 Å². The number of halogens is 1. The van der Waals surface area contributed by atoms with Gasteiger partial charge in [0.2, 0.25) is 5.91 Å². The molecule has 0 aliphatic carbocycles. The first-order chi connectivity index (χ1) is 12.1. The Balaban J connectivity index is 1.84. The van der Waals surface area contributed by atoms with Crippen molar-refractivity contribution in [3.63, 3.8) is 0 Å². The maximum atomic E-state index is 12.7. The van der Waals surface area contributed by atoms with Gasteiger partial charge in [-0.2, -0.15) is 5.10 Å². The average Bonchev–Trinajstić information content (AvgIpc) is 3.14. The van der Waals surface area contributed by atoms with Crippen LogP contribution in [-0.4, -0.2) is 33.0 Å². The second-order valence-electron chi connectivity index (χ2n) is 5.34. The standard InChI is InChI=1S/C18H15BrN4O2/c19-15-6-8-16(9-7-15)23(18(25)11-22-13-20-12-21-22)10-17(24)14-4-2-1-3-5-14/h1-9,12-13H,10-11H2. The van der Waals surface area contributed by atoms with Crippen LogP contribution >= 0.6 is 15.9 Å². The molecule has 0 spiro atoms. The normalized spacial score (nSPS) is 10.4. The second-order valence-corrected chi connectivity index (χ2v) is 6.25. The predicted molar refractivity (Wildman–Crippen MR) is 97.3 cm³/mol. The van der Waals surface area contributed by atoms with Crippen molar-refractivity contribution in [1.82, 2.24) is 14.8 Å². The molecule has 1 heterocycles. The van der Waals surface area contributed by atoms with Crippen molar-refractivity contribution in [2.75, 3.05) is 11.4 Å². The van der Waals surface area contributed by atoms with Gasteiger partial charge < -0.3 is 4.90 Å². The molecule has 1 aromatic heterocycles. The number of carbonyl (C=O) groups excluding carboxylic acids is 2. The van der Waals surface area contributed by atoms with Crippen LogP contribution in [-0.2, 0) is 11.3 Å². The van der Waals surface area contributed by atoms with Gasteiger partial charge in [-0.3, -0.25) is 9.59 Å². The molecule has 0 radical (unpaired) electrons. The molecule has 0 atom stereocenters. The van der Waals surface area contributed by atoms with Crippen molar-refractivity contribution in [3.8, 4) is 0 Å². The number of hydrogen-bond acceptors (Lipinski definition) is 4. The first kappa shape index (κ1) is 17.0. The summed E-state index contributed by atoms with van der Waals surface area (Å²) in [5.74, 6) is -0.368. The highest BCUT2D eigenvalue weighted by Gasteiger charge is 2.20. The molecule has 0 saturated heterocycles. The summed E-state index contributed by atoms with van der Waals surface area (Å²) >= 11 is 3.37. The van der Waals surface area contributed by atoms with Crippen LogP contribution < -0.4 is 4.90 Å². The van der Waals surface area contributed by atoms with Gasteiger partial charge in [0.05, 0.1) is 6.54 Å². The molecule has 1 amide bonds. The molecule has 3 rings (SSSR count). The highest BCUT2D eigenvalue weighted by molar-refractivity contribution is 9.10. The van der Waals surface area contributed by atoms with Crippen LogP contribution in [0.5, 0.6) is 0 Å². The maximum Gasteiger partial charge on any atom is 0.249 e. The lowest BCUT2D eigenvalue weighted by atomic mass is 10.1. The Morgan fingerprint density at radius 3 is 2.40 bits per heavy atom. The van der Waals surface area contributed by atoms with Gasteiger partial charge >= 0.3 is 0 Å². The van der Waals surface area contributed by atoms with Gasteiger partial charge in [-0.1, -0.05) is 46.3 Å². The number of ketones is 1. The first-order valence-electron chi connectivity index (χ1n) is 7.60. The number of anilines is 1. The lowest BCUT2D eigenvalue weighted by molar-refractivity contribution is -0.119. The Bertz CT molecular complexity index is 849. The fourth-order valence-electron chi connectivity index (χ4n) is 2.34. The number of amides is 1. The van der Waals surface area contributed by atoms with Gasteiger partial charge in [0.25, 0.3) is 0 Å². The fraction of sp³-hybridized carbons (Fsp3) is 0.111. The third-order valence-electron chi connectivity index (χ3n) is 3.60. The largest absolute Gasteiger partial charge is 0.303 e. The van der Waals surface area contributed by atoms with Gasteiger partial charge in [-0.25, -0.2) is 9.67 Å². The van der Waals surface area contributed by atoms with E-state index in [-0.39, 0.29) is 24.8 Å². The fourth-order valence-corrected chi connectivity index (χ4v) is 2.61. The Hall–Kier alpha value is -2.80. The van der Waals surface area contributed by atoms with E-state index >= 15 is 0 Å². The van der Waals surface area contributed by atoms with Crippen molar-refractivity contribution in [1.29, 1.82) is 0 Å². The molecule has 0 aliphatic rings. The zero-order valence-electron chi connectivity index (χ0n) is 13.2. The van der Waals surface area contributed by atoms with E-state index in [2.05, 4.69) is 26.0 Å². The van der Waals surface area contributed by atoms with Gasteiger partial charge in [0.1, 0.15) is 19.2 Å². The van der Waals surface area contributed by atoms with Crippen LogP contribution in [0.25, 0.3) is 0 Å². The third kappa shape index (κ3) is 4.39. The van der Waals surface area contributed by atoms with Crippen LogP contribution in [0.4, 0.5) is 5.69 Å². The summed E-state index contributed by atoms with van der Waals surface area (Å²) in [5.41, 5.74) is 1.22. The first-order valence-corrected chi connectivity index (χ1v) is 8.39. The van der Waals surface area contributed by atoms with E-state index in [0.29, 0.717) is 11.3 Å². The molecule has 0 bridgehead atoms. The van der Waals surface area contributed by atoms with E-state index in [9.17, 15) is 9.59 Å². The molecule has 0 saturated carbocycles. The van der Waals surface area contributed by atoms with Gasteiger partial charge in [0.15, 0.2) is 5.78 Å². The zero-order valence-corrected chi connectivity index (χ0v) is 14.8. The Morgan fingerprint density at radius 1 is 1.04 bits per heavy atom. The van der Waals surface area contributed by atoms with E-state index in [1.165, 1.54) is 22.2 Å². The van der Waals surface area contributed by atoms with Gasteiger partial charge in [-0.05, 0) is 24.3 Å². The number of benzene rings is 2. The van der Waals surface area contributed by atoms with Crippen LogP contribution in [0, 0.1) is 0 Å². The van der Waals surface area contributed by atoms with Crippen molar-refractivity contribution >= 4 is 33.3 Å². The summed E-state index contributed by atoms with van der Waals surface area (Å²) in [7, 11) is 0. The molecule has 0 fully saturated rings. The summed E-state index contributed by atoms with van der Waals surface area (Å²) in [4.78, 5) is 30.6. The molecule has 25 heavy (non-hydrogen) atoms. The number of nitrogens with zero attached hydrogens (tertiary/aromatic N) is 4. The third-order valence-corrected chi connectivity index (χ3v) is 4.13. The quantitative estimate of drug-likeness (QED) is 0.598. The van der Waals surface area contributed by atoms with E-state index in [1.54, 1.807) is 36.4 Å². The van der Waals surface area contributed by atoms with Crippen LogP contribution in [0.1, 0.15) is 10.4 Å². The Morgan fingerprint density at radius 2 is 1.76 bits per heavy atom. The van der Waals surface area contributed by atoms with Crippen molar-refractivity contribution in [3.05, 3.63) is 77.3 Å². The number of hydrogen-bond donors (Lipinski definition) is 0. The monoisotopic (exact) mass is 398 g/mol. The second kappa shape index (κ2) is 7.85. The molecule has 0 aliphatic heterocycles. The molecular weight excluding hydrogens is 384 g/mol. The highest BCUT2D eigenvalue weighted by Crippen LogP contribution is 2.19. The predicted octanol–water partition coefficient (Wildman–Crippen LogP) is 2.96. The molecule has 0 N–H and O–H groups in total. The van der Waals surface area contributed by atoms with Crippen LogP contribution in [0.15, 0.2) is 71.7 Å². The Kier molecular flexibility index (Phi) is 5.35. The molecule has 6 nitrogen and oxygen atoms in total. The highest BCUT2D eigenvalue weighted by atomic mass is 79.9. The minimum Gasteiger partial charge on any atom is -0.303 e. The average molecular weight is 399 g/mol. The molecule has 0 unspecified atom stereocenters. The minimum absolute atomic E-state index is 0.0120. The van der Waals surface area contributed by atoms with E-state index in [4.69, 9.17) is 0 Å². The molecule has 126 valence electrons. The SMILES string of the molecule is O=C(CN(C(=O)Cn1cncn1)c1ccc(Br)cc1)c1ccccc1. The van der Waals surface area contributed by atoms with Crippen molar-refractivity contribution in [2.24, 2.45) is 0 Å². The van der Waals surface area contributed by atoms with Crippen LogP contribution in [0.3, 0.4) is 0 Å². The number of aromatic nitrogens is 3. The molecule has 7 heteroatoms.